The third-order valence-electron chi connectivity index (χ3n) is 8.96. The van der Waals surface area contributed by atoms with Crippen LogP contribution in [0, 0.1) is 28.6 Å². The second kappa shape index (κ2) is 6.05. The number of rotatable bonds is 1. The molecule has 4 aliphatic carbocycles. The predicted molar refractivity (Wildman–Crippen MR) is 108 cm³/mol. The molecule has 6 atom stereocenters. The summed E-state index contributed by atoms with van der Waals surface area (Å²) < 4.78 is 0. The number of allylic oxidation sites excluding steroid dienone is 1. The molecule has 3 fully saturated rings. The Bertz CT molecular complexity index is 884. The first kappa shape index (κ1) is 18.1. The van der Waals surface area contributed by atoms with Gasteiger partial charge < -0.3 is 5.11 Å². The van der Waals surface area contributed by atoms with E-state index in [4.69, 9.17) is 0 Å². The first-order valence-electron chi connectivity index (χ1n) is 10.9. The van der Waals surface area contributed by atoms with Crippen LogP contribution in [0.1, 0.15) is 70.3 Å². The minimum atomic E-state index is -0.123. The third-order valence-corrected chi connectivity index (χ3v) is 8.96. The molecule has 4 aliphatic rings. The van der Waals surface area contributed by atoms with Crippen molar-refractivity contribution >= 4 is 11.6 Å². The highest BCUT2D eigenvalue weighted by atomic mass is 16.3. The van der Waals surface area contributed by atoms with E-state index in [1.165, 1.54) is 5.57 Å². The Labute approximate surface area is 167 Å². The molecule has 0 radical (unpaired) electrons. The average Bonchev–Trinajstić information content (AvgIpc) is 2.99. The van der Waals surface area contributed by atoms with Gasteiger partial charge in [-0.3, -0.25) is 9.59 Å². The number of phenols is 1. The van der Waals surface area contributed by atoms with Crippen molar-refractivity contribution in [2.45, 2.75) is 64.7 Å². The third kappa shape index (κ3) is 2.34. The van der Waals surface area contributed by atoms with Gasteiger partial charge in [0.25, 0.3) is 0 Å². The van der Waals surface area contributed by atoms with E-state index in [1.807, 2.05) is 24.3 Å². The topological polar surface area (TPSA) is 54.4 Å². The minimum Gasteiger partial charge on any atom is -0.508 e. The van der Waals surface area contributed by atoms with E-state index in [9.17, 15) is 14.7 Å². The van der Waals surface area contributed by atoms with E-state index in [-0.39, 0.29) is 28.4 Å². The Kier molecular flexibility index (Phi) is 3.92. The van der Waals surface area contributed by atoms with Crippen molar-refractivity contribution in [3.8, 4) is 5.75 Å². The summed E-state index contributed by atoms with van der Waals surface area (Å²) in [6.45, 7) is 4.55. The van der Waals surface area contributed by atoms with Crippen LogP contribution in [0.3, 0.4) is 0 Å². The summed E-state index contributed by atoms with van der Waals surface area (Å²) in [7, 11) is 0. The monoisotopic (exact) mass is 378 g/mol. The number of hydrogen-bond acceptors (Lipinski definition) is 3. The number of hydrogen-bond donors (Lipinski definition) is 1. The Morgan fingerprint density at radius 2 is 1.82 bits per heavy atom. The summed E-state index contributed by atoms with van der Waals surface area (Å²) in [6.07, 6.45) is 8.05. The van der Waals surface area contributed by atoms with Gasteiger partial charge in [0, 0.05) is 18.8 Å². The number of carbonyl (C=O) groups is 2. The van der Waals surface area contributed by atoms with Gasteiger partial charge in [-0.25, -0.2) is 0 Å². The molecule has 0 unspecified atom stereocenters. The highest BCUT2D eigenvalue weighted by Gasteiger charge is 2.62. The number of aromatic hydroxyl groups is 1. The van der Waals surface area contributed by atoms with E-state index in [1.54, 1.807) is 6.07 Å². The van der Waals surface area contributed by atoms with Crippen LogP contribution in [0.25, 0.3) is 0 Å². The van der Waals surface area contributed by atoms with Crippen LogP contribution in [0.15, 0.2) is 35.9 Å². The van der Waals surface area contributed by atoms with Crippen molar-refractivity contribution in [3.63, 3.8) is 0 Å². The standard InChI is InChI=1S/C25H30O3/c1-24-12-11-16(26)13-15(24)7-8-18-20-10-9-19(17-5-3-4-6-21(17)27)25(20,2)14-22(28)23(18)24/h3-6,13,18-20,23,27H,7-12,14H2,1-2H3/t18-,19-,20-,23+,24-,25+/m0/s1. The molecule has 3 nitrogen and oxygen atoms in total. The molecule has 0 spiro atoms. The van der Waals surface area contributed by atoms with E-state index in [0.29, 0.717) is 36.2 Å². The van der Waals surface area contributed by atoms with Crippen LogP contribution in [-0.2, 0) is 9.59 Å². The fraction of sp³-hybridized carbons (Fsp3) is 0.600. The Hall–Kier alpha value is -1.90. The van der Waals surface area contributed by atoms with Gasteiger partial charge in [-0.1, -0.05) is 37.6 Å². The lowest BCUT2D eigenvalue weighted by Crippen LogP contribution is -2.54. The molecule has 1 aromatic carbocycles. The molecule has 1 N–H and O–H groups in total. The summed E-state index contributed by atoms with van der Waals surface area (Å²) in [4.78, 5) is 25.6. The number of benzene rings is 1. The highest BCUT2D eigenvalue weighted by molar-refractivity contribution is 5.93. The number of phenolic OH excluding ortho intramolecular Hbond substituents is 1. The fourth-order valence-electron chi connectivity index (χ4n) is 7.68. The van der Waals surface area contributed by atoms with Gasteiger partial charge in [-0.05, 0) is 78.4 Å². The average molecular weight is 379 g/mol. The number of ketones is 2. The molecule has 3 saturated carbocycles. The van der Waals surface area contributed by atoms with Crippen LogP contribution in [0.2, 0.25) is 0 Å². The van der Waals surface area contributed by atoms with Gasteiger partial charge >= 0.3 is 0 Å². The van der Waals surface area contributed by atoms with Gasteiger partial charge in [0.05, 0.1) is 0 Å². The predicted octanol–water partition coefficient (Wildman–Crippen LogP) is 5.19. The van der Waals surface area contributed by atoms with Crippen molar-refractivity contribution in [1.82, 2.24) is 0 Å². The van der Waals surface area contributed by atoms with Crippen LogP contribution >= 0.6 is 0 Å². The normalized spacial score (nSPS) is 42.4. The van der Waals surface area contributed by atoms with Gasteiger partial charge in [0.2, 0.25) is 0 Å². The quantitative estimate of drug-likeness (QED) is 0.732. The lowest BCUT2D eigenvalue weighted by atomic mass is 9.46. The van der Waals surface area contributed by atoms with Crippen molar-refractivity contribution in [2.24, 2.45) is 28.6 Å². The van der Waals surface area contributed by atoms with Crippen molar-refractivity contribution in [2.75, 3.05) is 0 Å². The maximum absolute atomic E-state index is 13.6. The molecule has 0 aromatic heterocycles. The lowest BCUT2D eigenvalue weighted by Gasteiger charge is -2.57. The summed E-state index contributed by atoms with van der Waals surface area (Å²) >= 11 is 0. The van der Waals surface area contributed by atoms with E-state index in [2.05, 4.69) is 13.8 Å². The summed E-state index contributed by atoms with van der Waals surface area (Å²) in [6, 6.07) is 7.68. The minimum absolute atomic E-state index is 0.0703. The molecule has 0 heterocycles. The molecule has 28 heavy (non-hydrogen) atoms. The fourth-order valence-corrected chi connectivity index (χ4v) is 7.68. The lowest BCUT2D eigenvalue weighted by molar-refractivity contribution is -0.144. The first-order valence-corrected chi connectivity index (χ1v) is 10.9. The van der Waals surface area contributed by atoms with Gasteiger partial charge in [0.15, 0.2) is 5.78 Å². The van der Waals surface area contributed by atoms with Gasteiger partial charge in [0.1, 0.15) is 11.5 Å². The second-order valence-corrected chi connectivity index (χ2v) is 10.2. The van der Waals surface area contributed by atoms with Gasteiger partial charge in [-0.15, -0.1) is 0 Å². The molecule has 1 aromatic rings. The number of para-hydroxylation sites is 1. The van der Waals surface area contributed by atoms with E-state index < -0.39 is 0 Å². The van der Waals surface area contributed by atoms with E-state index >= 15 is 0 Å². The molecule has 148 valence electrons. The molecular formula is C25H30O3. The van der Waals surface area contributed by atoms with Crippen molar-refractivity contribution < 1.29 is 14.7 Å². The van der Waals surface area contributed by atoms with E-state index in [0.717, 1.165) is 37.7 Å². The summed E-state index contributed by atoms with van der Waals surface area (Å²) in [5, 5.41) is 10.5. The van der Waals surface area contributed by atoms with Crippen molar-refractivity contribution in [3.05, 3.63) is 41.5 Å². The number of fused-ring (bicyclic) bond motifs is 5. The molecule has 3 heteroatoms. The molecule has 5 rings (SSSR count). The van der Waals surface area contributed by atoms with Gasteiger partial charge in [-0.2, -0.15) is 0 Å². The maximum atomic E-state index is 13.6. The zero-order valence-electron chi connectivity index (χ0n) is 16.9. The molecule has 0 saturated heterocycles. The molecule has 0 aliphatic heterocycles. The first-order chi connectivity index (χ1) is 13.3. The number of Topliss-reactive ketones (excluding diaryl/α,β-unsaturated/α-hetero) is 1. The zero-order chi connectivity index (χ0) is 19.7. The SMILES string of the molecule is C[C@]12CC(=O)[C@H]3[C@@H](CCC4=CC(=O)CC[C@@]43C)[C@@H]1CC[C@H]2c1ccccc1O. The zero-order valence-corrected chi connectivity index (χ0v) is 16.9. The Morgan fingerprint density at radius 1 is 1.04 bits per heavy atom. The molecule has 0 amide bonds. The molecular weight excluding hydrogens is 348 g/mol. The van der Waals surface area contributed by atoms with Crippen LogP contribution in [-0.4, -0.2) is 16.7 Å². The Morgan fingerprint density at radius 3 is 2.61 bits per heavy atom. The summed E-state index contributed by atoms with van der Waals surface area (Å²) in [5.74, 6) is 2.26. The smallest absolute Gasteiger partial charge is 0.155 e. The van der Waals surface area contributed by atoms with Crippen LogP contribution in [0.5, 0.6) is 5.75 Å². The van der Waals surface area contributed by atoms with Crippen LogP contribution in [0.4, 0.5) is 0 Å². The highest BCUT2D eigenvalue weighted by Crippen LogP contribution is 2.67. The largest absolute Gasteiger partial charge is 0.508 e. The molecule has 0 bridgehead atoms. The summed E-state index contributed by atoms with van der Waals surface area (Å²) in [5.41, 5.74) is 2.06. The van der Waals surface area contributed by atoms with Crippen LogP contribution < -0.4 is 0 Å². The maximum Gasteiger partial charge on any atom is 0.155 e. The number of carbonyl (C=O) groups excluding carboxylic acids is 2. The Balaban J connectivity index is 1.53. The van der Waals surface area contributed by atoms with Crippen molar-refractivity contribution in [1.29, 1.82) is 0 Å². The second-order valence-electron chi connectivity index (χ2n) is 10.2.